The van der Waals surface area contributed by atoms with Gasteiger partial charge in [0.1, 0.15) is 0 Å². The van der Waals surface area contributed by atoms with Crippen LogP contribution in [0.3, 0.4) is 0 Å². The maximum Gasteiger partial charge on any atom is 0.0952 e. The van der Waals surface area contributed by atoms with Crippen molar-refractivity contribution in [1.29, 1.82) is 0 Å². The Bertz CT molecular complexity index is 508. The number of nitrogens with two attached hydrogens (primary N) is 1. The third-order valence-corrected chi connectivity index (χ3v) is 3.33. The molecule has 0 amide bonds. The first-order valence-corrected chi connectivity index (χ1v) is 6.10. The van der Waals surface area contributed by atoms with Crippen LogP contribution in [0.5, 0.6) is 0 Å². The van der Waals surface area contributed by atoms with Crippen LogP contribution in [0.4, 0.5) is 0 Å². The van der Waals surface area contributed by atoms with Crippen molar-refractivity contribution in [2.75, 3.05) is 6.54 Å². The van der Waals surface area contributed by atoms with E-state index < -0.39 is 0 Å². The number of halogens is 2. The highest BCUT2D eigenvalue weighted by atomic mass is 35.5. The number of rotatable bonds is 4. The van der Waals surface area contributed by atoms with Crippen molar-refractivity contribution in [2.24, 2.45) is 5.73 Å². The molecule has 0 unspecified atom stereocenters. The normalized spacial score (nSPS) is 10.8. The molecule has 0 aliphatic rings. The second kappa shape index (κ2) is 5.54. The topological polar surface area (TPSA) is 43.8 Å². The molecule has 1 aromatic carbocycles. The summed E-state index contributed by atoms with van der Waals surface area (Å²) in [5, 5.41) is 1.18. The summed E-state index contributed by atoms with van der Waals surface area (Å²) in [5.41, 5.74) is 7.45. The molecule has 0 saturated heterocycles. The SMILES string of the molecule is NCCc1cn(Cc2cccc(Cl)c2Cl)cn1. The van der Waals surface area contributed by atoms with Gasteiger partial charge in [-0.15, -0.1) is 0 Å². The van der Waals surface area contributed by atoms with Gasteiger partial charge in [0.25, 0.3) is 0 Å². The molecule has 17 heavy (non-hydrogen) atoms. The number of aromatic nitrogens is 2. The van der Waals surface area contributed by atoms with E-state index >= 15 is 0 Å². The standard InChI is InChI=1S/C12H13Cl2N3/c13-11-3-1-2-9(12(11)14)6-17-7-10(4-5-15)16-8-17/h1-3,7-8H,4-6,15H2. The lowest BCUT2D eigenvalue weighted by Crippen LogP contribution is -2.03. The Labute approximate surface area is 110 Å². The fourth-order valence-corrected chi connectivity index (χ4v) is 2.02. The van der Waals surface area contributed by atoms with Crippen molar-refractivity contribution in [3.8, 4) is 0 Å². The van der Waals surface area contributed by atoms with Crippen LogP contribution in [0.2, 0.25) is 10.0 Å². The molecule has 0 saturated carbocycles. The van der Waals surface area contributed by atoms with Gasteiger partial charge in [0.15, 0.2) is 0 Å². The zero-order valence-corrected chi connectivity index (χ0v) is 10.7. The van der Waals surface area contributed by atoms with Gasteiger partial charge in [0.05, 0.1) is 28.6 Å². The van der Waals surface area contributed by atoms with E-state index in [0.717, 1.165) is 17.7 Å². The lowest BCUT2D eigenvalue weighted by molar-refractivity contribution is 0.796. The van der Waals surface area contributed by atoms with Gasteiger partial charge in [0.2, 0.25) is 0 Å². The first-order valence-electron chi connectivity index (χ1n) is 5.34. The van der Waals surface area contributed by atoms with Crippen molar-refractivity contribution in [3.63, 3.8) is 0 Å². The molecule has 0 bridgehead atoms. The van der Waals surface area contributed by atoms with Gasteiger partial charge in [-0.3, -0.25) is 0 Å². The van der Waals surface area contributed by atoms with Crippen molar-refractivity contribution >= 4 is 23.2 Å². The minimum absolute atomic E-state index is 0.575. The second-order valence-electron chi connectivity index (χ2n) is 3.79. The number of imidazole rings is 1. The molecule has 90 valence electrons. The number of hydrogen-bond acceptors (Lipinski definition) is 2. The predicted molar refractivity (Wildman–Crippen MR) is 70.5 cm³/mol. The van der Waals surface area contributed by atoms with Gasteiger partial charge in [-0.05, 0) is 18.2 Å². The summed E-state index contributed by atoms with van der Waals surface area (Å²) in [6.07, 6.45) is 4.54. The fraction of sp³-hybridized carbons (Fsp3) is 0.250. The third kappa shape index (κ3) is 3.00. The first kappa shape index (κ1) is 12.4. The van der Waals surface area contributed by atoms with Gasteiger partial charge < -0.3 is 10.3 Å². The lowest BCUT2D eigenvalue weighted by Gasteiger charge is -2.06. The molecule has 1 aromatic heterocycles. The Morgan fingerprint density at radius 1 is 1.29 bits per heavy atom. The molecule has 2 rings (SSSR count). The van der Waals surface area contributed by atoms with Crippen molar-refractivity contribution in [2.45, 2.75) is 13.0 Å². The summed E-state index contributed by atoms with van der Waals surface area (Å²) in [6, 6.07) is 5.62. The van der Waals surface area contributed by atoms with Crippen LogP contribution in [-0.4, -0.2) is 16.1 Å². The molecular weight excluding hydrogens is 257 g/mol. The zero-order chi connectivity index (χ0) is 12.3. The molecule has 5 heteroatoms. The maximum atomic E-state index is 6.13. The maximum absolute atomic E-state index is 6.13. The summed E-state index contributed by atoms with van der Waals surface area (Å²) < 4.78 is 1.97. The molecule has 2 aromatic rings. The van der Waals surface area contributed by atoms with Crippen LogP contribution in [0.1, 0.15) is 11.3 Å². The quantitative estimate of drug-likeness (QED) is 0.928. The van der Waals surface area contributed by atoms with Crippen molar-refractivity contribution in [1.82, 2.24) is 9.55 Å². The van der Waals surface area contributed by atoms with Crippen LogP contribution in [-0.2, 0) is 13.0 Å². The minimum Gasteiger partial charge on any atom is -0.333 e. The van der Waals surface area contributed by atoms with Crippen LogP contribution in [0.15, 0.2) is 30.7 Å². The Kier molecular flexibility index (Phi) is 4.05. The molecular formula is C12H13Cl2N3. The third-order valence-electron chi connectivity index (χ3n) is 2.47. The van der Waals surface area contributed by atoms with E-state index in [4.69, 9.17) is 28.9 Å². The molecule has 3 nitrogen and oxygen atoms in total. The Morgan fingerprint density at radius 3 is 2.88 bits per heavy atom. The summed E-state index contributed by atoms with van der Waals surface area (Å²) in [5.74, 6) is 0. The molecule has 0 atom stereocenters. The van der Waals surface area contributed by atoms with E-state index in [-0.39, 0.29) is 0 Å². The van der Waals surface area contributed by atoms with Gasteiger partial charge in [-0.25, -0.2) is 4.98 Å². The van der Waals surface area contributed by atoms with E-state index in [1.54, 1.807) is 12.4 Å². The summed E-state index contributed by atoms with van der Waals surface area (Å²) >= 11 is 12.1. The number of nitrogens with zero attached hydrogens (tertiary/aromatic N) is 2. The molecule has 0 radical (unpaired) electrons. The summed E-state index contributed by atoms with van der Waals surface area (Å²) in [6.45, 7) is 1.27. The van der Waals surface area contributed by atoms with Gasteiger partial charge in [0, 0.05) is 12.6 Å². The smallest absolute Gasteiger partial charge is 0.0952 e. The van der Waals surface area contributed by atoms with Crippen molar-refractivity contribution in [3.05, 3.63) is 52.0 Å². The van der Waals surface area contributed by atoms with E-state index in [1.165, 1.54) is 0 Å². The van der Waals surface area contributed by atoms with Crippen LogP contribution in [0.25, 0.3) is 0 Å². The Balaban J connectivity index is 2.16. The van der Waals surface area contributed by atoms with Crippen LogP contribution >= 0.6 is 23.2 Å². The molecule has 0 fully saturated rings. The van der Waals surface area contributed by atoms with E-state index in [1.807, 2.05) is 22.9 Å². The fourth-order valence-electron chi connectivity index (χ4n) is 1.64. The molecule has 1 heterocycles. The Hall–Kier alpha value is -1.03. The molecule has 2 N–H and O–H groups in total. The van der Waals surface area contributed by atoms with Crippen LogP contribution < -0.4 is 5.73 Å². The lowest BCUT2D eigenvalue weighted by atomic mass is 10.2. The highest BCUT2D eigenvalue weighted by Crippen LogP contribution is 2.26. The summed E-state index contributed by atoms with van der Waals surface area (Å²) in [4.78, 5) is 4.26. The molecule has 0 spiro atoms. The van der Waals surface area contributed by atoms with Gasteiger partial charge in [-0.1, -0.05) is 35.3 Å². The average Bonchev–Trinajstić information content (AvgIpc) is 2.73. The second-order valence-corrected chi connectivity index (χ2v) is 4.57. The molecule has 0 aliphatic heterocycles. The van der Waals surface area contributed by atoms with Gasteiger partial charge in [-0.2, -0.15) is 0 Å². The number of hydrogen-bond donors (Lipinski definition) is 1. The largest absolute Gasteiger partial charge is 0.333 e. The first-order chi connectivity index (χ1) is 8.20. The van der Waals surface area contributed by atoms with Crippen LogP contribution in [0, 0.1) is 0 Å². The van der Waals surface area contributed by atoms with E-state index in [9.17, 15) is 0 Å². The highest BCUT2D eigenvalue weighted by Gasteiger charge is 2.05. The monoisotopic (exact) mass is 269 g/mol. The van der Waals surface area contributed by atoms with Crippen molar-refractivity contribution < 1.29 is 0 Å². The predicted octanol–water partition coefficient (Wildman–Crippen LogP) is 2.74. The Morgan fingerprint density at radius 2 is 2.12 bits per heavy atom. The highest BCUT2D eigenvalue weighted by molar-refractivity contribution is 6.42. The minimum atomic E-state index is 0.575. The van der Waals surface area contributed by atoms with E-state index in [0.29, 0.717) is 23.1 Å². The number of benzene rings is 1. The van der Waals surface area contributed by atoms with E-state index in [2.05, 4.69) is 4.98 Å². The molecule has 0 aliphatic carbocycles. The van der Waals surface area contributed by atoms with Gasteiger partial charge >= 0.3 is 0 Å². The average molecular weight is 270 g/mol. The summed E-state index contributed by atoms with van der Waals surface area (Å²) in [7, 11) is 0. The zero-order valence-electron chi connectivity index (χ0n) is 9.24.